The minimum absolute atomic E-state index is 0.0615. The lowest BCUT2D eigenvalue weighted by molar-refractivity contribution is -0.938. The molecule has 3 radical (unpaired) electrons. The van der Waals surface area contributed by atoms with E-state index >= 15 is 0 Å². The molecule has 335 valence electrons. The number of carbonyl (C=O) groups is 4. The number of Topliss-reactive ketones (excluding diaryl/α,β-unsaturated/α-hetero) is 1. The van der Waals surface area contributed by atoms with Crippen molar-refractivity contribution < 1.29 is 56.8 Å². The van der Waals surface area contributed by atoms with Gasteiger partial charge in [-0.1, -0.05) is 35.5 Å². The highest BCUT2D eigenvalue weighted by molar-refractivity contribution is 8.00. The molecule has 65 heavy (non-hydrogen) atoms. The van der Waals surface area contributed by atoms with Crippen molar-refractivity contribution in [2.45, 2.75) is 57.8 Å². The summed E-state index contributed by atoms with van der Waals surface area (Å²) in [6.07, 6.45) is 3.31. The quantitative estimate of drug-likeness (QED) is 0.0276. The number of nitrogens with zero attached hydrogens (tertiary/aromatic N) is 4. The Hall–Kier alpha value is -5.78. The maximum absolute atomic E-state index is 14.2. The Morgan fingerprint density at radius 1 is 0.938 bits per heavy atom. The zero-order chi connectivity index (χ0) is 45.5. The zero-order valence-corrected chi connectivity index (χ0v) is 38.0. The monoisotopic (exact) mass is 918 g/mol. The van der Waals surface area contributed by atoms with E-state index in [1.165, 1.54) is 43.0 Å². The van der Waals surface area contributed by atoms with Crippen molar-refractivity contribution in [2.75, 3.05) is 46.2 Å². The van der Waals surface area contributed by atoms with E-state index in [2.05, 4.69) is 10.1 Å². The number of oxime groups is 1. The van der Waals surface area contributed by atoms with E-state index in [9.17, 15) is 19.2 Å². The third kappa shape index (κ3) is 10.2. The number of thiazole rings is 1. The Kier molecular flexibility index (Phi) is 14.5. The number of rotatable bonds is 21. The topological polar surface area (TPSA) is 161 Å². The number of hydrogen-bond donors (Lipinski definition) is 0. The Labute approximate surface area is 387 Å². The largest absolute Gasteiger partial charge is 0.539 e. The van der Waals surface area contributed by atoms with Crippen molar-refractivity contribution >= 4 is 73.9 Å². The number of β-lactam (4-membered cyclic amide) rings is 1. The number of methoxy groups -OCH3 is 2. The van der Waals surface area contributed by atoms with Crippen LogP contribution < -0.4 is 24.4 Å². The normalized spacial score (nSPS) is 21.2. The number of carbonyl (C=O) groups excluding carboxylic acids is 4. The summed E-state index contributed by atoms with van der Waals surface area (Å²) in [6, 6.07) is 18.2. The van der Waals surface area contributed by atoms with Gasteiger partial charge in [-0.3, -0.25) is 19.3 Å². The highest BCUT2D eigenvalue weighted by atomic mass is 32.2. The van der Waals surface area contributed by atoms with Crippen molar-refractivity contribution in [1.29, 1.82) is 0 Å². The van der Waals surface area contributed by atoms with Gasteiger partial charge < -0.3 is 37.6 Å². The Bertz CT molecular complexity index is 2440. The van der Waals surface area contributed by atoms with Crippen LogP contribution >= 0.6 is 23.1 Å². The molecule has 0 spiro atoms. The molecule has 2 bridgehead atoms. The summed E-state index contributed by atoms with van der Waals surface area (Å²) in [5.74, 6) is 1.04. The maximum atomic E-state index is 14.2. The lowest BCUT2D eigenvalue weighted by atomic mass is 9.82. The number of aromatic nitrogens is 1. The first-order valence-corrected chi connectivity index (χ1v) is 23.2. The summed E-state index contributed by atoms with van der Waals surface area (Å²) < 4.78 is 34.1. The molecule has 9 rings (SSSR count). The van der Waals surface area contributed by atoms with Crippen LogP contribution in [0, 0.1) is 18.8 Å². The molecule has 5 aliphatic heterocycles. The summed E-state index contributed by atoms with van der Waals surface area (Å²) in [4.78, 5) is 64.8. The van der Waals surface area contributed by atoms with Gasteiger partial charge in [0.05, 0.1) is 50.2 Å². The predicted molar refractivity (Wildman–Crippen MR) is 244 cm³/mol. The fourth-order valence-corrected chi connectivity index (χ4v) is 10.9. The summed E-state index contributed by atoms with van der Waals surface area (Å²) in [6.45, 7) is 6.03. The summed E-state index contributed by atoms with van der Waals surface area (Å²) in [5, 5.41) is 6.27. The third-order valence-corrected chi connectivity index (χ3v) is 14.7. The van der Waals surface area contributed by atoms with Gasteiger partial charge in [0.1, 0.15) is 49.3 Å². The molecular weight excluding hydrogens is 870 g/mol. The highest BCUT2D eigenvalue weighted by Crippen LogP contribution is 2.47. The van der Waals surface area contributed by atoms with Crippen molar-refractivity contribution in [1.82, 2.24) is 9.88 Å². The van der Waals surface area contributed by atoms with Gasteiger partial charge in [-0.2, -0.15) is 0 Å². The lowest BCUT2D eigenvalue weighted by Crippen LogP contribution is -2.64. The van der Waals surface area contributed by atoms with Gasteiger partial charge in [0, 0.05) is 28.6 Å². The second-order valence-corrected chi connectivity index (χ2v) is 18.6. The summed E-state index contributed by atoms with van der Waals surface area (Å²) in [5.41, 5.74) is 3.83. The first kappa shape index (κ1) is 45.8. The molecule has 4 fully saturated rings. The number of ketones is 1. The van der Waals surface area contributed by atoms with Crippen LogP contribution in [0.4, 0.5) is 0 Å². The highest BCUT2D eigenvalue weighted by Gasteiger charge is 2.55. The van der Waals surface area contributed by atoms with Crippen LogP contribution in [0.1, 0.15) is 53.1 Å². The zero-order valence-electron chi connectivity index (χ0n) is 36.4. The molecular formula is C46H48B2N4O11S2+. The smallest absolute Gasteiger partial charge is 0.416 e. The summed E-state index contributed by atoms with van der Waals surface area (Å²) >= 11 is 2.88. The minimum atomic E-state index is -0.747. The number of hydrogen-bond acceptors (Lipinski definition) is 15. The number of piperidine rings is 3. The fraction of sp³-hybridized carbons (Fsp3) is 0.391. The minimum Gasteiger partial charge on any atom is -0.539 e. The Morgan fingerprint density at radius 2 is 1.60 bits per heavy atom. The molecule has 0 saturated carbocycles. The number of aryl methyl sites for hydroxylation is 1. The number of thioether (sulfide) groups is 1. The number of fused-ring (bicyclic) bond motifs is 4. The van der Waals surface area contributed by atoms with E-state index in [-0.39, 0.29) is 55.8 Å². The first-order chi connectivity index (χ1) is 31.6. The Morgan fingerprint density at radius 3 is 2.20 bits per heavy atom. The van der Waals surface area contributed by atoms with Crippen LogP contribution in [-0.2, 0) is 53.1 Å². The van der Waals surface area contributed by atoms with Crippen molar-refractivity contribution in [2.24, 2.45) is 17.0 Å². The van der Waals surface area contributed by atoms with E-state index in [4.69, 9.17) is 41.1 Å². The number of ether oxygens (including phenoxy) is 4. The molecule has 3 aromatic carbocycles. The lowest BCUT2D eigenvalue weighted by Gasteiger charge is -2.53. The van der Waals surface area contributed by atoms with Gasteiger partial charge in [0.2, 0.25) is 5.91 Å². The van der Waals surface area contributed by atoms with E-state index < -0.39 is 23.0 Å². The standard InChI is InChI=1S/C46H48B2N4O11S2/c1-28-49-37(26-64-28)41(38(54)20-36-44(55)51-42(46(56)63-47)33(25-65-45(36)51)21-52-17-14-29(15-18-52)16-19-52)50-62-24-32-8-13-39(59-22-30-4-9-34(57-2)10-5-30)43(40(32)48-61-27-53)60-23-31-6-11-35(58-3)12-7-31/h4-13,26-27,29,36,45H,14-25H2,1-3H3/q+1/b50-41-/t29?,36-,45-,52?/m1/s1. The fourth-order valence-electron chi connectivity index (χ4n) is 8.93. The first-order valence-electron chi connectivity index (χ1n) is 21.3. The molecule has 0 aliphatic carbocycles. The Balaban J connectivity index is 1.02. The molecule has 1 amide bonds. The molecule has 5 aliphatic rings. The van der Waals surface area contributed by atoms with Crippen molar-refractivity contribution in [3.05, 3.63) is 105 Å². The molecule has 15 nitrogen and oxygen atoms in total. The average molecular weight is 919 g/mol. The molecule has 0 unspecified atom stereocenters. The van der Waals surface area contributed by atoms with Crippen LogP contribution in [0.2, 0.25) is 0 Å². The molecule has 1 aromatic heterocycles. The van der Waals surface area contributed by atoms with Crippen LogP contribution in [0.15, 0.2) is 82.5 Å². The van der Waals surface area contributed by atoms with Gasteiger partial charge >= 0.3 is 21.5 Å². The predicted octanol–water partition coefficient (Wildman–Crippen LogP) is 4.97. The third-order valence-electron chi connectivity index (χ3n) is 12.5. The number of quaternary nitrogens is 1. The SMILES string of the molecule is [B]OC(=O)C1=C(C[N+]23CCC(CC2)CC3)CS[C@@H]2[C@H](CC(=O)/C(=N\OCc3ccc(OCc4ccc(OC)cc4)c(OCc4ccc(OC)cc4)c3[B]OC=O)c3csc(C)n3)C(=O)N12. The van der Waals surface area contributed by atoms with E-state index in [0.717, 1.165) is 46.7 Å². The van der Waals surface area contributed by atoms with Gasteiger partial charge in [-0.15, -0.1) is 23.1 Å². The number of benzene rings is 3. The van der Waals surface area contributed by atoms with E-state index in [1.54, 1.807) is 43.5 Å². The molecule has 0 N–H and O–H groups in total. The van der Waals surface area contributed by atoms with Gasteiger partial charge in [0.25, 0.3) is 6.47 Å². The van der Waals surface area contributed by atoms with Crippen LogP contribution in [0.5, 0.6) is 23.0 Å². The second kappa shape index (κ2) is 20.6. The van der Waals surface area contributed by atoms with Gasteiger partial charge in [-0.05, 0) is 79.1 Å². The number of amides is 1. The van der Waals surface area contributed by atoms with Crippen LogP contribution in [-0.4, -0.2) is 111 Å². The van der Waals surface area contributed by atoms with Crippen molar-refractivity contribution in [3.8, 4) is 23.0 Å². The van der Waals surface area contributed by atoms with Gasteiger partial charge in [-0.25, -0.2) is 9.78 Å². The average Bonchev–Trinajstić information content (AvgIpc) is 3.78. The molecule has 4 saturated heterocycles. The second-order valence-electron chi connectivity index (χ2n) is 16.5. The van der Waals surface area contributed by atoms with Crippen molar-refractivity contribution in [3.63, 3.8) is 0 Å². The maximum Gasteiger partial charge on any atom is 0.416 e. The van der Waals surface area contributed by atoms with E-state index in [0.29, 0.717) is 51.3 Å². The molecule has 6 heterocycles. The van der Waals surface area contributed by atoms with Crippen LogP contribution in [0.25, 0.3) is 0 Å². The molecule has 19 heteroatoms. The summed E-state index contributed by atoms with van der Waals surface area (Å²) in [7, 11) is 9.85. The molecule has 2 atom stereocenters. The van der Waals surface area contributed by atoms with Crippen LogP contribution in [0.3, 0.4) is 0 Å². The van der Waals surface area contributed by atoms with E-state index in [1.807, 2.05) is 55.5 Å². The van der Waals surface area contributed by atoms with Gasteiger partial charge in [0.15, 0.2) is 23.0 Å². The molecule has 4 aromatic rings.